The van der Waals surface area contributed by atoms with E-state index in [4.69, 9.17) is 0 Å². The van der Waals surface area contributed by atoms with Crippen molar-refractivity contribution in [3.05, 3.63) is 231 Å². The number of hydrogen-bond acceptors (Lipinski definition) is 3. The van der Waals surface area contributed by atoms with Gasteiger partial charge in [-0.15, -0.1) is 0 Å². The van der Waals surface area contributed by atoms with E-state index in [0.717, 1.165) is 43.9 Å². The maximum Gasteiger partial charge on any atom is 0.111 e. The van der Waals surface area contributed by atoms with Crippen molar-refractivity contribution in [2.45, 2.75) is 0 Å². The second kappa shape index (κ2) is 14.8. The molecule has 11 rings (SSSR count). The van der Waals surface area contributed by atoms with Crippen LogP contribution in [0, 0.1) is 0 Å². The molecule has 0 aliphatic carbocycles. The third kappa shape index (κ3) is 6.03. The second-order valence-corrected chi connectivity index (χ2v) is 15.8. The Labute approximate surface area is 348 Å². The summed E-state index contributed by atoms with van der Waals surface area (Å²) >= 11 is 1.85. The molecule has 0 N–H and O–H groups in total. The molecule has 3 heteroatoms. The predicted molar refractivity (Wildman–Crippen MR) is 255 cm³/mol. The number of hydrogen-bond donors (Lipinski definition) is 0. The van der Waals surface area contributed by atoms with Gasteiger partial charge in [0, 0.05) is 33.3 Å². The molecule has 0 spiro atoms. The highest BCUT2D eigenvalue weighted by Gasteiger charge is 2.32. The van der Waals surface area contributed by atoms with Crippen LogP contribution in [0.15, 0.2) is 231 Å². The van der Waals surface area contributed by atoms with Gasteiger partial charge in [-0.05, 0) is 79.8 Å². The van der Waals surface area contributed by atoms with E-state index in [2.05, 4.69) is 240 Å². The largest absolute Gasteiger partial charge is 0.301 e. The number of fused-ring (bicyclic) bond motifs is 6. The molecule has 1 heterocycles. The van der Waals surface area contributed by atoms with Crippen LogP contribution >= 0.6 is 11.3 Å². The van der Waals surface area contributed by atoms with Crippen LogP contribution in [0.3, 0.4) is 0 Å². The van der Waals surface area contributed by atoms with Gasteiger partial charge in [0.05, 0.1) is 11.4 Å². The Morgan fingerprint density at radius 1 is 0.271 bits per heavy atom. The van der Waals surface area contributed by atoms with Crippen LogP contribution in [0.5, 0.6) is 0 Å². The lowest BCUT2D eigenvalue weighted by Gasteiger charge is -2.28. The Bertz CT molecular complexity index is 3050. The first-order valence-electron chi connectivity index (χ1n) is 20.1. The second-order valence-electron chi connectivity index (χ2n) is 14.9. The highest BCUT2D eigenvalue weighted by atomic mass is 32.1. The van der Waals surface area contributed by atoms with Crippen LogP contribution in [-0.4, -0.2) is 0 Å². The zero-order valence-corrected chi connectivity index (χ0v) is 33.1. The Kier molecular flexibility index (Phi) is 8.72. The zero-order valence-electron chi connectivity index (χ0n) is 32.2. The van der Waals surface area contributed by atoms with Crippen molar-refractivity contribution in [1.82, 2.24) is 0 Å². The molecule has 0 fully saturated rings. The van der Waals surface area contributed by atoms with Crippen LogP contribution < -0.4 is 9.80 Å². The van der Waals surface area contributed by atoms with E-state index in [1.165, 1.54) is 54.2 Å². The number of rotatable bonds is 8. The fourth-order valence-corrected chi connectivity index (χ4v) is 10.2. The molecule has 0 radical (unpaired) electrons. The van der Waals surface area contributed by atoms with E-state index in [0.29, 0.717) is 0 Å². The number of benzene rings is 10. The monoisotopic (exact) mass is 770 g/mol. The molecule has 0 unspecified atom stereocenters. The molecule has 0 aliphatic heterocycles. The molecule has 2 nitrogen and oxygen atoms in total. The van der Waals surface area contributed by atoms with Gasteiger partial charge >= 0.3 is 0 Å². The van der Waals surface area contributed by atoms with Crippen molar-refractivity contribution in [3.63, 3.8) is 0 Å². The summed E-state index contributed by atoms with van der Waals surface area (Å²) in [7, 11) is 0. The van der Waals surface area contributed by atoms with Crippen molar-refractivity contribution < 1.29 is 0 Å². The number of anilines is 6. The molecule has 0 aliphatic rings. The van der Waals surface area contributed by atoms with E-state index in [-0.39, 0.29) is 0 Å². The van der Waals surface area contributed by atoms with Crippen molar-refractivity contribution >= 4 is 87.2 Å². The van der Waals surface area contributed by atoms with E-state index in [1.54, 1.807) is 0 Å². The normalized spacial score (nSPS) is 11.4. The molecule has 11 aromatic rings. The first kappa shape index (κ1) is 34.8. The van der Waals surface area contributed by atoms with Crippen molar-refractivity contribution in [2.75, 3.05) is 9.80 Å². The lowest BCUT2D eigenvalue weighted by atomic mass is 9.95. The molecule has 0 amide bonds. The Morgan fingerprint density at radius 3 is 0.966 bits per heavy atom. The molecule has 10 aromatic carbocycles. The number of para-hydroxylation sites is 2. The van der Waals surface area contributed by atoms with Crippen LogP contribution in [0.4, 0.5) is 32.8 Å². The van der Waals surface area contributed by atoms with Crippen molar-refractivity contribution in [1.29, 1.82) is 0 Å². The topological polar surface area (TPSA) is 6.48 Å². The molecule has 1 aromatic heterocycles. The average Bonchev–Trinajstić information content (AvgIpc) is 3.70. The summed E-state index contributed by atoms with van der Waals surface area (Å²) in [6.07, 6.45) is 0. The van der Waals surface area contributed by atoms with Crippen LogP contribution in [0.2, 0.25) is 0 Å². The Hall–Kier alpha value is -7.46. The molecular weight excluding hydrogens is 733 g/mol. The van der Waals surface area contributed by atoms with Crippen molar-refractivity contribution in [2.24, 2.45) is 0 Å². The van der Waals surface area contributed by atoms with E-state index >= 15 is 0 Å². The SMILES string of the molecule is c1ccc(-c2c(N(c3ccccc3)c3cc4ccccc4c4ccccc34)sc(N(c3ccccc3)c3cc4ccccc4c4ccccc34)c2-c2ccccc2)cc1. The summed E-state index contributed by atoms with van der Waals surface area (Å²) in [5, 5.41) is 12.1. The van der Waals surface area contributed by atoms with Crippen LogP contribution in [0.1, 0.15) is 0 Å². The third-order valence-corrected chi connectivity index (χ3v) is 12.6. The fourth-order valence-electron chi connectivity index (χ4n) is 8.79. The van der Waals surface area contributed by atoms with Gasteiger partial charge < -0.3 is 9.80 Å². The van der Waals surface area contributed by atoms with E-state index < -0.39 is 0 Å². The molecular formula is C56H38N2S. The quantitative estimate of drug-likeness (QED) is 0.142. The van der Waals surface area contributed by atoms with Crippen LogP contribution in [-0.2, 0) is 0 Å². The minimum Gasteiger partial charge on any atom is -0.301 e. The molecule has 0 atom stereocenters. The Balaban J connectivity index is 1.31. The molecule has 0 saturated heterocycles. The summed E-state index contributed by atoms with van der Waals surface area (Å²) in [6.45, 7) is 0. The molecule has 278 valence electrons. The standard InChI is InChI=1S/C56H38N2S/c1-5-21-39(22-6-1)53-54(40-23-7-2-8-24-40)56(58(44-29-11-4-12-30-44)52-38-42-26-14-16-32-46(42)48-34-18-20-36-50(48)52)59-55(53)57(43-27-9-3-10-28-43)51-37-41-25-13-15-31-45(41)47-33-17-19-35-49(47)51/h1-38H. The van der Waals surface area contributed by atoms with Gasteiger partial charge in [0.15, 0.2) is 0 Å². The highest BCUT2D eigenvalue weighted by molar-refractivity contribution is 7.21. The average molecular weight is 771 g/mol. The van der Waals surface area contributed by atoms with Gasteiger partial charge in [0.1, 0.15) is 10.0 Å². The number of nitrogens with zero attached hydrogens (tertiary/aromatic N) is 2. The Morgan fingerprint density at radius 2 is 0.576 bits per heavy atom. The molecule has 0 saturated carbocycles. The minimum atomic E-state index is 1.10. The first-order chi connectivity index (χ1) is 29.3. The summed E-state index contributed by atoms with van der Waals surface area (Å²) in [6, 6.07) is 83.7. The lowest BCUT2D eigenvalue weighted by molar-refractivity contribution is 1.33. The first-order valence-corrected chi connectivity index (χ1v) is 20.9. The summed E-state index contributed by atoms with van der Waals surface area (Å²) in [5.74, 6) is 0. The zero-order chi connectivity index (χ0) is 39.1. The van der Waals surface area contributed by atoms with Gasteiger partial charge in [0.2, 0.25) is 0 Å². The maximum absolute atomic E-state index is 2.51. The van der Waals surface area contributed by atoms with Gasteiger partial charge in [0.25, 0.3) is 0 Å². The van der Waals surface area contributed by atoms with Gasteiger partial charge in [-0.25, -0.2) is 0 Å². The van der Waals surface area contributed by atoms with Gasteiger partial charge in [-0.2, -0.15) is 0 Å². The highest BCUT2D eigenvalue weighted by Crippen LogP contribution is 2.59. The maximum atomic E-state index is 2.51. The van der Waals surface area contributed by atoms with E-state index in [1.807, 2.05) is 11.3 Å². The molecule has 59 heavy (non-hydrogen) atoms. The minimum absolute atomic E-state index is 1.10. The summed E-state index contributed by atoms with van der Waals surface area (Å²) in [5.41, 5.74) is 9.15. The predicted octanol–water partition coefficient (Wildman–Crippen LogP) is 16.6. The summed E-state index contributed by atoms with van der Waals surface area (Å²) in [4.78, 5) is 5.03. The van der Waals surface area contributed by atoms with Gasteiger partial charge in [-0.1, -0.05) is 205 Å². The number of thiophene rings is 1. The van der Waals surface area contributed by atoms with Gasteiger partial charge in [-0.3, -0.25) is 0 Å². The van der Waals surface area contributed by atoms with Crippen molar-refractivity contribution in [3.8, 4) is 22.3 Å². The molecule has 0 bridgehead atoms. The van der Waals surface area contributed by atoms with E-state index in [9.17, 15) is 0 Å². The smallest absolute Gasteiger partial charge is 0.111 e. The van der Waals surface area contributed by atoms with Crippen LogP contribution in [0.25, 0.3) is 65.3 Å². The summed E-state index contributed by atoms with van der Waals surface area (Å²) < 4.78 is 0. The lowest BCUT2D eigenvalue weighted by Crippen LogP contribution is -2.10. The third-order valence-electron chi connectivity index (χ3n) is 11.4. The fraction of sp³-hybridized carbons (Fsp3) is 0.